The maximum atomic E-state index is 4.18. The van der Waals surface area contributed by atoms with Crippen molar-refractivity contribution in [2.75, 3.05) is 0 Å². The van der Waals surface area contributed by atoms with E-state index in [9.17, 15) is 0 Å². The molecule has 74 valence electrons. The molecule has 0 aliphatic carbocycles. The van der Waals surface area contributed by atoms with Gasteiger partial charge < -0.3 is 0 Å². The largest absolute Gasteiger partial charge is 0.282 e. The van der Waals surface area contributed by atoms with E-state index < -0.39 is 0 Å². The summed E-state index contributed by atoms with van der Waals surface area (Å²) in [4.78, 5) is 0. The van der Waals surface area contributed by atoms with Crippen LogP contribution in [0.1, 0.15) is 17.2 Å². The second-order valence-corrected chi connectivity index (χ2v) is 3.66. The third-order valence-corrected chi connectivity index (χ3v) is 2.67. The van der Waals surface area contributed by atoms with Gasteiger partial charge in [-0.1, -0.05) is 30.4 Å². The maximum absolute atomic E-state index is 4.18. The highest BCUT2D eigenvalue weighted by Gasteiger charge is 2.13. The Kier molecular flexibility index (Phi) is 1.71. The average Bonchev–Trinajstić information content (AvgIpc) is 2.52. The van der Waals surface area contributed by atoms with Crippen molar-refractivity contribution in [3.8, 4) is 5.69 Å². The third kappa shape index (κ3) is 1.20. The number of fused-ring (bicyclic) bond motifs is 3. The highest BCUT2D eigenvalue weighted by atomic mass is 15.3. The summed E-state index contributed by atoms with van der Waals surface area (Å²) in [5.41, 5.74) is 2.39. The smallest absolute Gasteiger partial charge is 0.141 e. The first-order valence-electron chi connectivity index (χ1n) is 5.03. The Bertz CT molecular complexity index is 538. The van der Waals surface area contributed by atoms with Gasteiger partial charge in [-0.05, 0) is 18.6 Å². The van der Waals surface area contributed by atoms with Gasteiger partial charge in [0.15, 0.2) is 0 Å². The minimum atomic E-state index is 0.843. The number of hydrogen-bond acceptors (Lipinski definition) is 2. The van der Waals surface area contributed by atoms with E-state index in [1.165, 1.54) is 11.3 Å². The standard InChI is InChI=1S/C12H11N3/c1-9-13-14-12-8-4-6-10-5-2-3-7-11(10)15(9)12/h2-7H,8H2,1H3. The number of benzene rings is 1. The molecule has 3 heteroatoms. The lowest BCUT2D eigenvalue weighted by Crippen LogP contribution is -2.02. The molecule has 1 aromatic heterocycles. The van der Waals surface area contributed by atoms with E-state index in [1.54, 1.807) is 0 Å². The van der Waals surface area contributed by atoms with E-state index in [0.29, 0.717) is 0 Å². The van der Waals surface area contributed by atoms with Crippen molar-refractivity contribution in [2.45, 2.75) is 13.3 Å². The summed E-state index contributed by atoms with van der Waals surface area (Å²) in [6, 6.07) is 8.31. The highest BCUT2D eigenvalue weighted by Crippen LogP contribution is 2.22. The van der Waals surface area contributed by atoms with Gasteiger partial charge in [-0.2, -0.15) is 0 Å². The minimum Gasteiger partial charge on any atom is -0.282 e. The molecule has 1 aromatic carbocycles. The van der Waals surface area contributed by atoms with Crippen molar-refractivity contribution in [1.29, 1.82) is 0 Å². The molecule has 0 spiro atoms. The van der Waals surface area contributed by atoms with Crippen molar-refractivity contribution in [3.63, 3.8) is 0 Å². The number of nitrogens with zero attached hydrogens (tertiary/aromatic N) is 3. The van der Waals surface area contributed by atoms with Crippen molar-refractivity contribution in [1.82, 2.24) is 14.8 Å². The van der Waals surface area contributed by atoms with Crippen molar-refractivity contribution < 1.29 is 0 Å². The summed E-state index contributed by atoms with van der Waals surface area (Å²) in [5.74, 6) is 1.95. The van der Waals surface area contributed by atoms with Crippen LogP contribution in [0.3, 0.4) is 0 Å². The van der Waals surface area contributed by atoms with E-state index in [4.69, 9.17) is 0 Å². The monoisotopic (exact) mass is 197 g/mol. The Balaban J connectivity index is 2.36. The van der Waals surface area contributed by atoms with E-state index in [1.807, 2.05) is 19.1 Å². The van der Waals surface area contributed by atoms with Crippen LogP contribution in [0.25, 0.3) is 11.8 Å². The van der Waals surface area contributed by atoms with Gasteiger partial charge in [-0.25, -0.2) is 0 Å². The zero-order chi connectivity index (χ0) is 10.3. The Morgan fingerprint density at radius 3 is 3.00 bits per heavy atom. The van der Waals surface area contributed by atoms with Gasteiger partial charge >= 0.3 is 0 Å². The molecule has 0 fully saturated rings. The number of para-hydroxylation sites is 1. The van der Waals surface area contributed by atoms with Crippen LogP contribution in [0.15, 0.2) is 30.3 Å². The van der Waals surface area contributed by atoms with Crippen LogP contribution in [0.4, 0.5) is 0 Å². The van der Waals surface area contributed by atoms with Crippen LogP contribution in [-0.2, 0) is 6.42 Å². The number of aryl methyl sites for hydroxylation is 1. The molecule has 0 saturated carbocycles. The molecule has 0 N–H and O–H groups in total. The molecule has 0 bridgehead atoms. The zero-order valence-corrected chi connectivity index (χ0v) is 8.51. The second kappa shape index (κ2) is 3.05. The first-order valence-corrected chi connectivity index (χ1v) is 5.03. The molecular formula is C12H11N3. The molecule has 2 heterocycles. The van der Waals surface area contributed by atoms with Gasteiger partial charge in [0.25, 0.3) is 0 Å². The molecule has 3 rings (SSSR count). The van der Waals surface area contributed by atoms with Gasteiger partial charge in [-0.15, -0.1) is 10.2 Å². The maximum Gasteiger partial charge on any atom is 0.141 e. The first kappa shape index (κ1) is 8.41. The molecule has 0 amide bonds. The van der Waals surface area contributed by atoms with E-state index >= 15 is 0 Å². The summed E-state index contributed by atoms with van der Waals surface area (Å²) in [5, 5.41) is 8.29. The Hall–Kier alpha value is -1.90. The van der Waals surface area contributed by atoms with Crippen LogP contribution in [0.5, 0.6) is 0 Å². The summed E-state index contributed by atoms with van der Waals surface area (Å²) in [6.45, 7) is 1.98. The Labute approximate surface area is 88.1 Å². The quantitative estimate of drug-likeness (QED) is 0.647. The van der Waals surface area contributed by atoms with Gasteiger partial charge in [-0.3, -0.25) is 4.57 Å². The van der Waals surface area contributed by atoms with Crippen molar-refractivity contribution in [2.24, 2.45) is 0 Å². The fraction of sp³-hybridized carbons (Fsp3) is 0.167. The molecule has 2 aromatic rings. The number of rotatable bonds is 0. The number of hydrogen-bond donors (Lipinski definition) is 0. The molecule has 1 aliphatic heterocycles. The third-order valence-electron chi connectivity index (χ3n) is 2.67. The molecule has 1 aliphatic rings. The molecule has 0 saturated heterocycles. The first-order chi connectivity index (χ1) is 7.36. The van der Waals surface area contributed by atoms with E-state index in [0.717, 1.165) is 18.1 Å². The average molecular weight is 197 g/mol. The van der Waals surface area contributed by atoms with Crippen LogP contribution >= 0.6 is 0 Å². The van der Waals surface area contributed by atoms with Crippen molar-refractivity contribution in [3.05, 3.63) is 47.6 Å². The van der Waals surface area contributed by atoms with Crippen molar-refractivity contribution >= 4 is 6.08 Å². The summed E-state index contributed by atoms with van der Waals surface area (Å²) in [7, 11) is 0. The van der Waals surface area contributed by atoms with Crippen LogP contribution < -0.4 is 0 Å². The van der Waals surface area contributed by atoms with Crippen LogP contribution in [-0.4, -0.2) is 14.8 Å². The summed E-state index contributed by atoms with van der Waals surface area (Å²) >= 11 is 0. The fourth-order valence-corrected chi connectivity index (χ4v) is 1.98. The zero-order valence-electron chi connectivity index (χ0n) is 8.51. The van der Waals surface area contributed by atoms with Gasteiger partial charge in [0.2, 0.25) is 0 Å². The van der Waals surface area contributed by atoms with E-state index in [2.05, 4.69) is 39.0 Å². The van der Waals surface area contributed by atoms with Gasteiger partial charge in [0.1, 0.15) is 11.6 Å². The predicted octanol–water partition coefficient (Wildman–Crippen LogP) is 2.15. The Morgan fingerprint density at radius 2 is 2.07 bits per heavy atom. The minimum absolute atomic E-state index is 0.843. The lowest BCUT2D eigenvalue weighted by molar-refractivity contribution is 0.909. The molecule has 0 unspecified atom stereocenters. The molecule has 3 nitrogen and oxygen atoms in total. The summed E-state index contributed by atoms with van der Waals surface area (Å²) < 4.78 is 2.12. The Morgan fingerprint density at radius 1 is 1.20 bits per heavy atom. The topological polar surface area (TPSA) is 30.7 Å². The lowest BCUT2D eigenvalue weighted by Gasteiger charge is -2.08. The normalized spacial score (nSPS) is 13.1. The highest BCUT2D eigenvalue weighted by molar-refractivity contribution is 5.62. The number of allylic oxidation sites excluding steroid dienone is 1. The van der Waals surface area contributed by atoms with E-state index in [-0.39, 0.29) is 0 Å². The van der Waals surface area contributed by atoms with Crippen LogP contribution in [0, 0.1) is 6.92 Å². The van der Waals surface area contributed by atoms with Gasteiger partial charge in [0, 0.05) is 6.42 Å². The molecule has 15 heavy (non-hydrogen) atoms. The SMILES string of the molecule is Cc1nnc2n1-c1ccccc1C=CC2. The van der Waals surface area contributed by atoms with Crippen LogP contribution in [0.2, 0.25) is 0 Å². The lowest BCUT2D eigenvalue weighted by atomic mass is 10.1. The molecule has 0 atom stereocenters. The predicted molar refractivity (Wildman–Crippen MR) is 58.8 cm³/mol. The summed E-state index contributed by atoms with van der Waals surface area (Å²) in [6.07, 6.45) is 5.12. The van der Waals surface area contributed by atoms with Gasteiger partial charge in [0.05, 0.1) is 5.69 Å². The molecular weight excluding hydrogens is 186 g/mol. The second-order valence-electron chi connectivity index (χ2n) is 3.66. The fourth-order valence-electron chi connectivity index (χ4n) is 1.98. The molecule has 0 radical (unpaired) electrons. The number of aromatic nitrogens is 3.